The highest BCUT2D eigenvalue weighted by Gasteiger charge is 2.18. The standard InChI is InChI=1S/C19H18N6O2/c1-11-10-14(13-8-6-5-7-9-13)25(22-11)16-12(2)20-15-17(21-16)23(3)19(27)24(4)18(15)26/h5-10H,1-4H3. The molecule has 3 heterocycles. The van der Waals surface area contributed by atoms with Gasteiger partial charge in [0.15, 0.2) is 17.0 Å². The fraction of sp³-hybridized carbons (Fsp3) is 0.211. The van der Waals surface area contributed by atoms with Crippen LogP contribution in [0.1, 0.15) is 11.4 Å². The van der Waals surface area contributed by atoms with E-state index in [2.05, 4.69) is 15.1 Å². The number of hydrogen-bond acceptors (Lipinski definition) is 5. The molecule has 0 bridgehead atoms. The molecule has 8 heteroatoms. The second-order valence-electron chi connectivity index (χ2n) is 6.46. The van der Waals surface area contributed by atoms with Crippen LogP contribution in [0.25, 0.3) is 28.2 Å². The highest BCUT2D eigenvalue weighted by molar-refractivity contribution is 5.71. The molecule has 3 aromatic heterocycles. The Morgan fingerprint density at radius 2 is 1.63 bits per heavy atom. The number of aromatic nitrogens is 6. The van der Waals surface area contributed by atoms with E-state index in [9.17, 15) is 9.59 Å². The number of nitrogens with zero attached hydrogens (tertiary/aromatic N) is 6. The van der Waals surface area contributed by atoms with E-state index in [0.29, 0.717) is 11.5 Å². The van der Waals surface area contributed by atoms with Gasteiger partial charge in [0.1, 0.15) is 0 Å². The molecule has 0 N–H and O–H groups in total. The molecule has 4 aromatic rings. The lowest BCUT2D eigenvalue weighted by Gasteiger charge is -2.12. The third-order valence-corrected chi connectivity index (χ3v) is 4.53. The molecule has 0 fully saturated rings. The van der Waals surface area contributed by atoms with Crippen molar-refractivity contribution in [1.82, 2.24) is 28.9 Å². The quantitative estimate of drug-likeness (QED) is 0.539. The molecule has 8 nitrogen and oxygen atoms in total. The van der Waals surface area contributed by atoms with Crippen LogP contribution in [0.2, 0.25) is 0 Å². The molecule has 1 aromatic carbocycles. The molecule has 0 radical (unpaired) electrons. The van der Waals surface area contributed by atoms with Crippen molar-refractivity contribution in [2.75, 3.05) is 0 Å². The normalized spacial score (nSPS) is 11.3. The summed E-state index contributed by atoms with van der Waals surface area (Å²) in [5.41, 5.74) is 2.70. The van der Waals surface area contributed by atoms with Gasteiger partial charge in [0.2, 0.25) is 0 Å². The van der Waals surface area contributed by atoms with Gasteiger partial charge in [0.25, 0.3) is 5.56 Å². The number of fused-ring (bicyclic) bond motifs is 1. The van der Waals surface area contributed by atoms with Crippen LogP contribution in [-0.4, -0.2) is 28.9 Å². The summed E-state index contributed by atoms with van der Waals surface area (Å²) in [6.45, 7) is 3.68. The monoisotopic (exact) mass is 362 g/mol. The van der Waals surface area contributed by atoms with Crippen LogP contribution < -0.4 is 11.2 Å². The summed E-state index contributed by atoms with van der Waals surface area (Å²) < 4.78 is 4.06. The van der Waals surface area contributed by atoms with E-state index in [1.807, 2.05) is 43.3 Å². The van der Waals surface area contributed by atoms with Crippen LogP contribution in [0.15, 0.2) is 46.0 Å². The lowest BCUT2D eigenvalue weighted by Crippen LogP contribution is -2.38. The fourth-order valence-corrected chi connectivity index (χ4v) is 3.12. The van der Waals surface area contributed by atoms with E-state index in [-0.39, 0.29) is 11.2 Å². The van der Waals surface area contributed by atoms with E-state index in [4.69, 9.17) is 0 Å². The van der Waals surface area contributed by atoms with Crippen molar-refractivity contribution in [2.24, 2.45) is 14.1 Å². The summed E-state index contributed by atoms with van der Waals surface area (Å²) in [5, 5.41) is 4.56. The van der Waals surface area contributed by atoms with Gasteiger partial charge < -0.3 is 0 Å². The van der Waals surface area contributed by atoms with Gasteiger partial charge in [-0.3, -0.25) is 13.9 Å². The zero-order valence-electron chi connectivity index (χ0n) is 15.5. The van der Waals surface area contributed by atoms with Crippen molar-refractivity contribution < 1.29 is 0 Å². The summed E-state index contributed by atoms with van der Waals surface area (Å²) in [6.07, 6.45) is 0. The Morgan fingerprint density at radius 3 is 2.33 bits per heavy atom. The molecule has 0 aliphatic heterocycles. The first-order valence-corrected chi connectivity index (χ1v) is 8.45. The lowest BCUT2D eigenvalue weighted by molar-refractivity contribution is 0.699. The fourth-order valence-electron chi connectivity index (χ4n) is 3.12. The molecule has 27 heavy (non-hydrogen) atoms. The summed E-state index contributed by atoms with van der Waals surface area (Å²) in [7, 11) is 3.00. The minimum Gasteiger partial charge on any atom is -0.279 e. The number of aryl methyl sites for hydroxylation is 3. The Bertz CT molecular complexity index is 1300. The van der Waals surface area contributed by atoms with Crippen LogP contribution in [0, 0.1) is 13.8 Å². The minimum absolute atomic E-state index is 0.158. The molecule has 0 aliphatic rings. The largest absolute Gasteiger partial charge is 0.332 e. The van der Waals surface area contributed by atoms with Crippen molar-refractivity contribution in [3.8, 4) is 17.1 Å². The lowest BCUT2D eigenvalue weighted by atomic mass is 10.1. The molecule has 0 unspecified atom stereocenters. The Morgan fingerprint density at radius 1 is 0.926 bits per heavy atom. The SMILES string of the molecule is Cc1cc(-c2ccccc2)n(-c2nc3c(nc2C)c(=O)n(C)c(=O)n3C)n1. The third kappa shape index (κ3) is 2.57. The van der Waals surface area contributed by atoms with E-state index in [1.165, 1.54) is 11.6 Å². The maximum Gasteiger partial charge on any atom is 0.332 e. The summed E-state index contributed by atoms with van der Waals surface area (Å²) in [4.78, 5) is 33.7. The van der Waals surface area contributed by atoms with Crippen molar-refractivity contribution in [1.29, 1.82) is 0 Å². The second-order valence-corrected chi connectivity index (χ2v) is 6.46. The van der Waals surface area contributed by atoms with Crippen LogP contribution in [-0.2, 0) is 14.1 Å². The van der Waals surface area contributed by atoms with Gasteiger partial charge in [0.05, 0.1) is 17.1 Å². The van der Waals surface area contributed by atoms with E-state index < -0.39 is 11.2 Å². The van der Waals surface area contributed by atoms with Gasteiger partial charge >= 0.3 is 5.69 Å². The molecule has 0 atom stereocenters. The average molecular weight is 362 g/mol. The molecule has 0 saturated heterocycles. The number of rotatable bonds is 2. The molecule has 136 valence electrons. The highest BCUT2D eigenvalue weighted by Crippen LogP contribution is 2.24. The topological polar surface area (TPSA) is 87.6 Å². The molecule has 0 amide bonds. The van der Waals surface area contributed by atoms with E-state index >= 15 is 0 Å². The predicted molar refractivity (Wildman–Crippen MR) is 102 cm³/mol. The Balaban J connectivity index is 2.06. The van der Waals surface area contributed by atoms with Crippen LogP contribution in [0.5, 0.6) is 0 Å². The van der Waals surface area contributed by atoms with Gasteiger partial charge in [0, 0.05) is 19.7 Å². The first-order valence-electron chi connectivity index (χ1n) is 8.45. The van der Waals surface area contributed by atoms with Crippen LogP contribution >= 0.6 is 0 Å². The van der Waals surface area contributed by atoms with Gasteiger partial charge in [-0.1, -0.05) is 30.3 Å². The van der Waals surface area contributed by atoms with Crippen molar-refractivity contribution in [3.63, 3.8) is 0 Å². The smallest absolute Gasteiger partial charge is 0.279 e. The first kappa shape index (κ1) is 16.9. The third-order valence-electron chi connectivity index (χ3n) is 4.53. The average Bonchev–Trinajstić information content (AvgIpc) is 3.06. The summed E-state index contributed by atoms with van der Waals surface area (Å²) in [6, 6.07) is 11.8. The summed E-state index contributed by atoms with van der Waals surface area (Å²) in [5.74, 6) is 0.484. The van der Waals surface area contributed by atoms with Crippen molar-refractivity contribution in [3.05, 3.63) is 68.6 Å². The zero-order chi connectivity index (χ0) is 19.3. The Hall–Kier alpha value is -3.55. The van der Waals surface area contributed by atoms with Gasteiger partial charge in [-0.15, -0.1) is 0 Å². The van der Waals surface area contributed by atoms with Crippen molar-refractivity contribution >= 4 is 11.2 Å². The van der Waals surface area contributed by atoms with Crippen LogP contribution in [0.4, 0.5) is 0 Å². The summed E-state index contributed by atoms with van der Waals surface area (Å²) >= 11 is 0. The number of benzene rings is 1. The van der Waals surface area contributed by atoms with Gasteiger partial charge in [-0.2, -0.15) is 5.10 Å². The van der Waals surface area contributed by atoms with Gasteiger partial charge in [-0.25, -0.2) is 19.4 Å². The molecular weight excluding hydrogens is 344 g/mol. The highest BCUT2D eigenvalue weighted by atomic mass is 16.2. The van der Waals surface area contributed by atoms with Gasteiger partial charge in [-0.05, 0) is 19.9 Å². The maximum absolute atomic E-state index is 12.4. The Kier molecular flexibility index (Phi) is 3.76. The first-order chi connectivity index (χ1) is 12.9. The zero-order valence-corrected chi connectivity index (χ0v) is 15.5. The molecule has 0 saturated carbocycles. The predicted octanol–water partition coefficient (Wildman–Crippen LogP) is 1.50. The maximum atomic E-state index is 12.4. The molecular formula is C19H18N6O2. The second kappa shape index (κ2) is 6.01. The number of hydrogen-bond donors (Lipinski definition) is 0. The Labute approximate surface area is 154 Å². The van der Waals surface area contributed by atoms with Crippen LogP contribution in [0.3, 0.4) is 0 Å². The van der Waals surface area contributed by atoms with Crippen molar-refractivity contribution in [2.45, 2.75) is 13.8 Å². The van der Waals surface area contributed by atoms with E-state index in [1.54, 1.807) is 18.7 Å². The van der Waals surface area contributed by atoms with E-state index in [0.717, 1.165) is 21.5 Å². The molecule has 0 aliphatic carbocycles. The molecule has 0 spiro atoms. The minimum atomic E-state index is -0.463. The molecule has 4 rings (SSSR count).